The highest BCUT2D eigenvalue weighted by Crippen LogP contribution is 2.36. The van der Waals surface area contributed by atoms with Gasteiger partial charge in [0, 0.05) is 34.8 Å². The van der Waals surface area contributed by atoms with Crippen molar-refractivity contribution in [2.24, 2.45) is 12.5 Å². The van der Waals surface area contributed by atoms with Gasteiger partial charge in [-0.15, -0.1) is 0 Å². The zero-order chi connectivity index (χ0) is 20.2. The summed E-state index contributed by atoms with van der Waals surface area (Å²) in [5, 5.41) is 2.70. The van der Waals surface area contributed by atoms with Crippen molar-refractivity contribution in [2.75, 3.05) is 0 Å². The molecule has 0 saturated carbocycles. The Kier molecular flexibility index (Phi) is 4.33. The second-order valence-corrected chi connectivity index (χ2v) is 9.51. The normalized spacial score (nSPS) is 12.2. The summed E-state index contributed by atoms with van der Waals surface area (Å²) in [7, 11) is 2.17. The lowest BCUT2D eigenvalue weighted by Crippen LogP contribution is -2.32. The SMILES string of the molecule is Cc1c[n+](C)c(-c2c(C)cc(C)c3c2cn2ccccc32)cc1CC(C)(C)C. The van der Waals surface area contributed by atoms with Crippen molar-refractivity contribution in [3.8, 4) is 11.3 Å². The van der Waals surface area contributed by atoms with E-state index in [4.69, 9.17) is 0 Å². The molecule has 0 radical (unpaired) electrons. The Morgan fingerprint density at radius 3 is 2.43 bits per heavy atom. The molecule has 3 aromatic heterocycles. The number of fused-ring (bicyclic) bond motifs is 3. The number of hydrogen-bond donors (Lipinski definition) is 0. The van der Waals surface area contributed by atoms with Crippen LogP contribution in [0.15, 0.2) is 48.9 Å². The van der Waals surface area contributed by atoms with Gasteiger partial charge in [-0.25, -0.2) is 4.57 Å². The molecule has 28 heavy (non-hydrogen) atoms. The van der Waals surface area contributed by atoms with Crippen molar-refractivity contribution in [3.63, 3.8) is 0 Å². The van der Waals surface area contributed by atoms with E-state index in [1.54, 1.807) is 0 Å². The van der Waals surface area contributed by atoms with Crippen molar-refractivity contribution in [2.45, 2.75) is 48.0 Å². The molecule has 0 bridgehead atoms. The first-order valence-corrected chi connectivity index (χ1v) is 10.1. The standard InChI is InChI=1S/C26H31N2/c1-17-12-18(2)25(21-16-28-11-9-8-10-22(28)24(17)21)23-13-20(14-26(4,5)6)19(3)15-27(23)7/h8-13,15-16H,14H2,1-7H3/q+1. The molecule has 0 fully saturated rings. The van der Waals surface area contributed by atoms with E-state index in [2.05, 4.69) is 106 Å². The zero-order valence-corrected chi connectivity index (χ0v) is 18.2. The number of aromatic nitrogens is 2. The molecule has 1 aromatic carbocycles. The molecule has 144 valence electrons. The van der Waals surface area contributed by atoms with Crippen LogP contribution in [0, 0.1) is 26.2 Å². The van der Waals surface area contributed by atoms with Gasteiger partial charge in [-0.1, -0.05) is 32.9 Å². The fraction of sp³-hybridized carbons (Fsp3) is 0.346. The summed E-state index contributed by atoms with van der Waals surface area (Å²) in [6, 6.07) is 11.2. The Morgan fingerprint density at radius 2 is 1.71 bits per heavy atom. The van der Waals surface area contributed by atoms with E-state index >= 15 is 0 Å². The summed E-state index contributed by atoms with van der Waals surface area (Å²) in [5.74, 6) is 0. The van der Waals surface area contributed by atoms with Crippen LogP contribution in [-0.2, 0) is 13.5 Å². The summed E-state index contributed by atoms with van der Waals surface area (Å²) in [6.45, 7) is 13.6. The Labute approximate surface area is 168 Å². The van der Waals surface area contributed by atoms with Crippen molar-refractivity contribution in [3.05, 3.63) is 71.2 Å². The predicted molar refractivity (Wildman–Crippen MR) is 119 cm³/mol. The van der Waals surface area contributed by atoms with Crippen LogP contribution in [0.3, 0.4) is 0 Å². The van der Waals surface area contributed by atoms with Gasteiger partial charge in [0.05, 0.1) is 11.1 Å². The number of pyridine rings is 2. The van der Waals surface area contributed by atoms with Crippen LogP contribution in [-0.4, -0.2) is 4.40 Å². The van der Waals surface area contributed by atoms with Crippen LogP contribution in [0.1, 0.15) is 43.0 Å². The summed E-state index contributed by atoms with van der Waals surface area (Å²) in [6.07, 6.45) is 7.81. The average molecular weight is 372 g/mol. The highest BCUT2D eigenvalue weighted by Gasteiger charge is 2.23. The number of hydrogen-bond acceptors (Lipinski definition) is 0. The summed E-state index contributed by atoms with van der Waals surface area (Å²) in [4.78, 5) is 0. The van der Waals surface area contributed by atoms with Gasteiger partial charge in [0.1, 0.15) is 7.05 Å². The van der Waals surface area contributed by atoms with Crippen LogP contribution in [0.2, 0.25) is 0 Å². The Balaban J connectivity index is 2.06. The molecule has 0 aliphatic heterocycles. The van der Waals surface area contributed by atoms with Crippen LogP contribution in [0.4, 0.5) is 0 Å². The molecule has 4 aromatic rings. The molecular weight excluding hydrogens is 340 g/mol. The van der Waals surface area contributed by atoms with E-state index in [0.29, 0.717) is 0 Å². The lowest BCUT2D eigenvalue weighted by atomic mass is 9.86. The average Bonchev–Trinajstić information content (AvgIpc) is 2.97. The molecule has 2 nitrogen and oxygen atoms in total. The van der Waals surface area contributed by atoms with Gasteiger partial charge in [0.2, 0.25) is 5.69 Å². The maximum atomic E-state index is 2.42. The van der Waals surface area contributed by atoms with E-state index in [9.17, 15) is 0 Å². The van der Waals surface area contributed by atoms with Crippen molar-refractivity contribution in [1.82, 2.24) is 4.40 Å². The maximum Gasteiger partial charge on any atom is 0.213 e. The monoisotopic (exact) mass is 371 g/mol. The molecule has 0 spiro atoms. The number of rotatable bonds is 2. The maximum absolute atomic E-state index is 2.42. The van der Waals surface area contributed by atoms with Crippen molar-refractivity contribution in [1.29, 1.82) is 0 Å². The summed E-state index contributed by atoms with van der Waals surface area (Å²) >= 11 is 0. The molecule has 0 amide bonds. The minimum atomic E-state index is 0.268. The first-order chi connectivity index (χ1) is 13.2. The number of nitrogens with zero attached hydrogens (tertiary/aromatic N) is 2. The van der Waals surface area contributed by atoms with Crippen LogP contribution in [0.25, 0.3) is 27.5 Å². The van der Waals surface area contributed by atoms with E-state index in [1.807, 2.05) is 0 Å². The number of aryl methyl sites for hydroxylation is 4. The Bertz CT molecular complexity index is 1200. The van der Waals surface area contributed by atoms with Gasteiger partial charge in [0.15, 0.2) is 6.20 Å². The Morgan fingerprint density at radius 1 is 0.964 bits per heavy atom. The molecule has 0 aliphatic carbocycles. The van der Waals surface area contributed by atoms with Crippen molar-refractivity contribution >= 4 is 16.3 Å². The smallest absolute Gasteiger partial charge is 0.213 e. The Hall–Kier alpha value is -2.61. The molecule has 2 heteroatoms. The van der Waals surface area contributed by atoms with E-state index in [1.165, 1.54) is 49.8 Å². The third kappa shape index (κ3) is 3.11. The third-order valence-electron chi connectivity index (χ3n) is 5.74. The lowest BCUT2D eigenvalue weighted by Gasteiger charge is -2.20. The van der Waals surface area contributed by atoms with Crippen LogP contribution >= 0.6 is 0 Å². The summed E-state index contributed by atoms with van der Waals surface area (Å²) < 4.78 is 4.55. The van der Waals surface area contributed by atoms with E-state index in [-0.39, 0.29) is 5.41 Å². The zero-order valence-electron chi connectivity index (χ0n) is 18.2. The third-order valence-corrected chi connectivity index (χ3v) is 5.74. The first-order valence-electron chi connectivity index (χ1n) is 10.1. The summed E-state index contributed by atoms with van der Waals surface area (Å²) in [5.41, 5.74) is 9.68. The fourth-order valence-electron chi connectivity index (χ4n) is 4.58. The highest BCUT2D eigenvalue weighted by atomic mass is 14.9. The van der Waals surface area contributed by atoms with Gasteiger partial charge in [-0.3, -0.25) is 0 Å². The molecule has 0 aliphatic rings. The molecule has 3 heterocycles. The van der Waals surface area contributed by atoms with Gasteiger partial charge >= 0.3 is 0 Å². The van der Waals surface area contributed by atoms with Gasteiger partial charge < -0.3 is 4.40 Å². The largest absolute Gasteiger partial charge is 0.323 e. The second-order valence-electron chi connectivity index (χ2n) is 9.51. The predicted octanol–water partition coefficient (Wildman–Crippen LogP) is 6.10. The van der Waals surface area contributed by atoms with Crippen LogP contribution < -0.4 is 4.57 Å². The molecule has 4 rings (SSSR count). The van der Waals surface area contributed by atoms with Gasteiger partial charge in [-0.05, 0) is 61.4 Å². The van der Waals surface area contributed by atoms with Gasteiger partial charge in [-0.2, -0.15) is 0 Å². The fourth-order valence-corrected chi connectivity index (χ4v) is 4.58. The first kappa shape index (κ1) is 18.7. The molecule has 0 saturated heterocycles. The van der Waals surface area contributed by atoms with E-state index in [0.717, 1.165) is 6.42 Å². The molecule has 0 atom stereocenters. The molecular formula is C26H31N2+. The van der Waals surface area contributed by atoms with Gasteiger partial charge in [0.25, 0.3) is 0 Å². The quantitative estimate of drug-likeness (QED) is 0.376. The molecule has 0 unspecified atom stereocenters. The minimum Gasteiger partial charge on any atom is -0.323 e. The minimum absolute atomic E-state index is 0.268. The topological polar surface area (TPSA) is 8.29 Å². The highest BCUT2D eigenvalue weighted by molar-refractivity contribution is 6.07. The molecule has 0 N–H and O–H groups in total. The second kappa shape index (κ2) is 6.48. The van der Waals surface area contributed by atoms with Crippen molar-refractivity contribution < 1.29 is 4.57 Å². The number of benzene rings is 1. The van der Waals surface area contributed by atoms with Crippen LogP contribution in [0.5, 0.6) is 0 Å². The van der Waals surface area contributed by atoms with E-state index < -0.39 is 0 Å². The lowest BCUT2D eigenvalue weighted by molar-refractivity contribution is -0.660.